The molecule has 1 aromatic heterocycles. The molecule has 2 aliphatic rings. The van der Waals surface area contributed by atoms with Crippen LogP contribution in [-0.4, -0.2) is 83.8 Å². The van der Waals surface area contributed by atoms with Crippen LogP contribution in [0.1, 0.15) is 47.0 Å². The molecular formula is C26H33F2N3O4. The van der Waals surface area contributed by atoms with Gasteiger partial charge in [-0.05, 0) is 55.7 Å². The van der Waals surface area contributed by atoms with E-state index < -0.39 is 12.0 Å². The van der Waals surface area contributed by atoms with E-state index in [4.69, 9.17) is 14.6 Å². The van der Waals surface area contributed by atoms with Gasteiger partial charge in [0.15, 0.2) is 0 Å². The number of amides is 1. The fourth-order valence-corrected chi connectivity index (χ4v) is 4.90. The molecule has 1 aromatic carbocycles. The number of morpholine rings is 1. The summed E-state index contributed by atoms with van der Waals surface area (Å²) in [5.74, 6) is 0.634. The van der Waals surface area contributed by atoms with Gasteiger partial charge in [0.25, 0.3) is 12.3 Å². The number of aromatic nitrogens is 1. The molecule has 1 atom stereocenters. The summed E-state index contributed by atoms with van der Waals surface area (Å²) < 4.78 is 38.6. The molecule has 1 unspecified atom stereocenters. The third-order valence-electron chi connectivity index (χ3n) is 6.69. The summed E-state index contributed by atoms with van der Waals surface area (Å²) in [7, 11) is 0. The highest BCUT2D eigenvalue weighted by atomic mass is 19.3. The van der Waals surface area contributed by atoms with Crippen LogP contribution >= 0.6 is 0 Å². The lowest BCUT2D eigenvalue weighted by Gasteiger charge is -2.49. The number of likely N-dealkylation sites (tertiary alicyclic amines) is 1. The largest absolute Gasteiger partial charge is 0.493 e. The molecule has 3 heterocycles. The zero-order chi connectivity index (χ0) is 24.8. The molecule has 2 fully saturated rings. The number of hydrogen-bond acceptors (Lipinski definition) is 6. The molecule has 2 aromatic rings. The Labute approximate surface area is 204 Å². The first-order valence-corrected chi connectivity index (χ1v) is 12.1. The van der Waals surface area contributed by atoms with Crippen LogP contribution in [0.25, 0.3) is 0 Å². The Balaban J connectivity index is 1.42. The minimum absolute atomic E-state index is 0.0635. The van der Waals surface area contributed by atoms with Crippen molar-refractivity contribution in [2.45, 2.75) is 44.3 Å². The van der Waals surface area contributed by atoms with Crippen molar-refractivity contribution >= 4 is 5.91 Å². The number of aryl methyl sites for hydroxylation is 1. The van der Waals surface area contributed by atoms with Gasteiger partial charge in [-0.1, -0.05) is 6.07 Å². The number of hydrogen-bond donors (Lipinski definition) is 1. The number of alkyl halides is 2. The van der Waals surface area contributed by atoms with Gasteiger partial charge in [0, 0.05) is 51.0 Å². The summed E-state index contributed by atoms with van der Waals surface area (Å²) >= 11 is 0. The molecule has 9 heteroatoms. The number of pyridine rings is 1. The van der Waals surface area contributed by atoms with E-state index >= 15 is 0 Å². The second kappa shape index (κ2) is 11.4. The standard InChI is InChI=1S/C26H33F2N3O4/c1-19-15-20(6-7-22(19)34-14-4-13-32)25(33)31-11-8-26(9-12-31)18-30(17-24(27)28)16-23(35-26)21-5-2-3-10-29-21/h2-3,5-7,10,15,23-24,32H,4,8-9,11-14,16-18H2,1H3. The summed E-state index contributed by atoms with van der Waals surface area (Å²) in [4.78, 5) is 21.1. The number of ether oxygens (including phenoxy) is 2. The fraction of sp³-hybridized carbons (Fsp3) is 0.538. The lowest BCUT2D eigenvalue weighted by atomic mass is 9.87. The number of benzene rings is 1. The molecule has 2 saturated heterocycles. The zero-order valence-corrected chi connectivity index (χ0v) is 20.0. The average Bonchev–Trinajstić information content (AvgIpc) is 2.85. The van der Waals surface area contributed by atoms with Gasteiger partial charge in [-0.25, -0.2) is 8.78 Å². The lowest BCUT2D eigenvalue weighted by molar-refractivity contribution is -0.181. The van der Waals surface area contributed by atoms with Crippen molar-refractivity contribution in [1.29, 1.82) is 0 Å². The molecule has 0 aliphatic carbocycles. The molecule has 0 saturated carbocycles. The van der Waals surface area contributed by atoms with E-state index in [1.165, 1.54) is 0 Å². The van der Waals surface area contributed by atoms with Crippen LogP contribution in [0.15, 0.2) is 42.6 Å². The van der Waals surface area contributed by atoms with Gasteiger partial charge in [0.1, 0.15) is 11.9 Å². The van der Waals surface area contributed by atoms with Crippen LogP contribution in [0, 0.1) is 6.92 Å². The molecule has 0 radical (unpaired) electrons. The Morgan fingerprint density at radius 3 is 2.74 bits per heavy atom. The summed E-state index contributed by atoms with van der Waals surface area (Å²) in [6, 6.07) is 10.9. The molecule has 2 aliphatic heterocycles. The van der Waals surface area contributed by atoms with Crippen molar-refractivity contribution < 1.29 is 28.2 Å². The number of halogens is 2. The van der Waals surface area contributed by atoms with Crippen LogP contribution in [0.3, 0.4) is 0 Å². The SMILES string of the molecule is Cc1cc(C(=O)N2CCC3(CC2)CN(CC(F)F)CC(c2ccccn2)O3)ccc1OCCCO. The summed E-state index contributed by atoms with van der Waals surface area (Å²) in [5, 5.41) is 8.91. The van der Waals surface area contributed by atoms with Crippen LogP contribution < -0.4 is 4.74 Å². The van der Waals surface area contributed by atoms with Crippen LogP contribution in [0.4, 0.5) is 8.78 Å². The highest BCUT2D eigenvalue weighted by molar-refractivity contribution is 5.94. The van der Waals surface area contributed by atoms with E-state index in [0.717, 1.165) is 11.3 Å². The van der Waals surface area contributed by atoms with Gasteiger partial charge < -0.3 is 19.5 Å². The first kappa shape index (κ1) is 25.5. The minimum Gasteiger partial charge on any atom is -0.493 e. The number of aliphatic hydroxyl groups excluding tert-OH is 1. The number of aliphatic hydroxyl groups is 1. The van der Waals surface area contributed by atoms with Crippen molar-refractivity contribution in [3.63, 3.8) is 0 Å². The number of carbonyl (C=O) groups excluding carboxylic acids is 1. The van der Waals surface area contributed by atoms with E-state index in [1.54, 1.807) is 28.1 Å². The molecule has 1 amide bonds. The van der Waals surface area contributed by atoms with Gasteiger partial charge in [0.2, 0.25) is 0 Å². The Hall–Kier alpha value is -2.62. The van der Waals surface area contributed by atoms with Crippen molar-refractivity contribution in [3.05, 3.63) is 59.4 Å². The summed E-state index contributed by atoms with van der Waals surface area (Å²) in [6.07, 6.45) is 0.575. The lowest BCUT2D eigenvalue weighted by Crippen LogP contribution is -2.58. The second-order valence-electron chi connectivity index (χ2n) is 9.33. The second-order valence-corrected chi connectivity index (χ2v) is 9.33. The summed E-state index contributed by atoms with van der Waals surface area (Å²) in [6.45, 7) is 3.84. The van der Waals surface area contributed by atoms with E-state index in [0.29, 0.717) is 63.4 Å². The Morgan fingerprint density at radius 1 is 1.29 bits per heavy atom. The van der Waals surface area contributed by atoms with Crippen molar-refractivity contribution in [1.82, 2.24) is 14.8 Å². The third kappa shape index (κ3) is 6.34. The number of rotatable bonds is 8. The predicted octanol–water partition coefficient (Wildman–Crippen LogP) is 3.46. The topological polar surface area (TPSA) is 75.1 Å². The maximum Gasteiger partial charge on any atom is 0.253 e. The van der Waals surface area contributed by atoms with Gasteiger partial charge in [-0.2, -0.15) is 0 Å². The van der Waals surface area contributed by atoms with E-state index in [-0.39, 0.29) is 25.2 Å². The first-order valence-electron chi connectivity index (χ1n) is 12.1. The predicted molar refractivity (Wildman–Crippen MR) is 127 cm³/mol. The first-order chi connectivity index (χ1) is 16.9. The number of nitrogens with zero attached hydrogens (tertiary/aromatic N) is 3. The quantitative estimate of drug-likeness (QED) is 0.573. The Bertz CT molecular complexity index is 984. The van der Waals surface area contributed by atoms with Gasteiger partial charge >= 0.3 is 0 Å². The van der Waals surface area contributed by atoms with Crippen LogP contribution in [-0.2, 0) is 4.74 Å². The van der Waals surface area contributed by atoms with Crippen molar-refractivity contribution in [3.8, 4) is 5.75 Å². The minimum atomic E-state index is -2.42. The molecular weight excluding hydrogens is 456 g/mol. The van der Waals surface area contributed by atoms with E-state index in [2.05, 4.69) is 4.98 Å². The average molecular weight is 490 g/mol. The maximum absolute atomic E-state index is 13.2. The zero-order valence-electron chi connectivity index (χ0n) is 20.0. The molecule has 0 bridgehead atoms. The smallest absolute Gasteiger partial charge is 0.253 e. The van der Waals surface area contributed by atoms with Gasteiger partial charge in [-0.15, -0.1) is 0 Å². The Kier molecular flexibility index (Phi) is 8.30. The molecule has 35 heavy (non-hydrogen) atoms. The molecule has 1 N–H and O–H groups in total. The van der Waals surface area contributed by atoms with E-state index in [1.807, 2.05) is 31.2 Å². The van der Waals surface area contributed by atoms with Crippen LogP contribution in [0.5, 0.6) is 5.75 Å². The van der Waals surface area contributed by atoms with Gasteiger partial charge in [0.05, 0.1) is 24.4 Å². The van der Waals surface area contributed by atoms with Gasteiger partial charge in [-0.3, -0.25) is 14.7 Å². The molecule has 190 valence electrons. The monoisotopic (exact) mass is 489 g/mol. The fourth-order valence-electron chi connectivity index (χ4n) is 4.90. The number of piperidine rings is 1. The summed E-state index contributed by atoms with van der Waals surface area (Å²) in [5.41, 5.74) is 1.59. The van der Waals surface area contributed by atoms with Crippen molar-refractivity contribution in [2.75, 3.05) is 45.9 Å². The van der Waals surface area contributed by atoms with Crippen molar-refractivity contribution in [2.24, 2.45) is 0 Å². The highest BCUT2D eigenvalue weighted by Crippen LogP contribution is 2.38. The highest BCUT2D eigenvalue weighted by Gasteiger charge is 2.44. The normalized spacial score (nSPS) is 20.4. The third-order valence-corrected chi connectivity index (χ3v) is 6.69. The molecule has 1 spiro atoms. The van der Waals surface area contributed by atoms with Crippen LogP contribution in [0.2, 0.25) is 0 Å². The van der Waals surface area contributed by atoms with E-state index in [9.17, 15) is 13.6 Å². The molecule has 4 rings (SSSR count). The molecule has 7 nitrogen and oxygen atoms in total. The maximum atomic E-state index is 13.2. The number of carbonyl (C=O) groups is 1. The Morgan fingerprint density at radius 2 is 2.09 bits per heavy atom.